The predicted octanol–water partition coefficient (Wildman–Crippen LogP) is 2.01. The molecule has 4 heteroatoms. The summed E-state index contributed by atoms with van der Waals surface area (Å²) in [6.45, 7) is 7.96. The molecule has 1 amide bonds. The summed E-state index contributed by atoms with van der Waals surface area (Å²) < 4.78 is 0. The molecule has 0 spiro atoms. The first-order valence-corrected chi connectivity index (χ1v) is 6.10. The number of carbonyl (C=O) groups is 1. The Labute approximate surface area is 102 Å². The molecule has 0 aromatic carbocycles. The van der Waals surface area contributed by atoms with Crippen molar-refractivity contribution >= 4 is 5.91 Å². The van der Waals surface area contributed by atoms with E-state index in [9.17, 15) is 4.79 Å². The lowest BCUT2D eigenvalue weighted by molar-refractivity contribution is 0.0786. The monoisotopic (exact) mass is 233 g/mol. The van der Waals surface area contributed by atoms with Gasteiger partial charge in [0, 0.05) is 24.2 Å². The molecule has 2 heterocycles. The van der Waals surface area contributed by atoms with Gasteiger partial charge in [-0.15, -0.1) is 0 Å². The van der Waals surface area contributed by atoms with E-state index in [4.69, 9.17) is 0 Å². The van der Waals surface area contributed by atoms with E-state index in [0.29, 0.717) is 5.69 Å². The van der Waals surface area contributed by atoms with Gasteiger partial charge in [0.2, 0.25) is 0 Å². The zero-order valence-corrected chi connectivity index (χ0v) is 10.7. The molecule has 0 unspecified atom stereocenters. The van der Waals surface area contributed by atoms with Crippen LogP contribution in [0.1, 0.15) is 49.8 Å². The molecule has 92 valence electrons. The Kier molecular flexibility index (Phi) is 3.13. The maximum absolute atomic E-state index is 12.2. The highest BCUT2D eigenvalue weighted by Crippen LogP contribution is 2.20. The molecule has 0 bridgehead atoms. The lowest BCUT2D eigenvalue weighted by atomic mass is 9.91. The fraction of sp³-hybridized carbons (Fsp3) is 0.615. The van der Waals surface area contributed by atoms with Crippen LogP contribution in [0.4, 0.5) is 0 Å². The zero-order chi connectivity index (χ0) is 12.5. The fourth-order valence-corrected chi connectivity index (χ4v) is 1.97. The number of nitrogens with zero attached hydrogens (tertiary/aromatic N) is 3. The summed E-state index contributed by atoms with van der Waals surface area (Å²) in [5, 5.41) is 0. The van der Waals surface area contributed by atoms with Crippen molar-refractivity contribution in [2.24, 2.45) is 0 Å². The largest absolute Gasteiger partial charge is 0.337 e. The normalized spacial score (nSPS) is 16.3. The quantitative estimate of drug-likeness (QED) is 0.745. The number of rotatable bonds is 1. The topological polar surface area (TPSA) is 46.1 Å². The molecule has 1 fully saturated rings. The van der Waals surface area contributed by atoms with E-state index in [1.54, 1.807) is 0 Å². The molecule has 1 aliphatic rings. The summed E-state index contributed by atoms with van der Waals surface area (Å²) in [5.41, 5.74) is 1.38. The highest BCUT2D eigenvalue weighted by Gasteiger charge is 2.23. The van der Waals surface area contributed by atoms with E-state index in [1.807, 2.05) is 11.0 Å². The van der Waals surface area contributed by atoms with Gasteiger partial charge in [-0.3, -0.25) is 4.79 Å². The Bertz CT molecular complexity index is 417. The number of aromatic nitrogens is 2. The van der Waals surface area contributed by atoms with Crippen molar-refractivity contribution in [3.05, 3.63) is 23.8 Å². The molecule has 2 rings (SSSR count). The lowest BCUT2D eigenvalue weighted by Crippen LogP contribution is -2.29. The van der Waals surface area contributed by atoms with E-state index < -0.39 is 0 Å². The molecule has 4 nitrogen and oxygen atoms in total. The SMILES string of the molecule is CC(C)(C)c1cc(C(=O)N2CCCC2)ncn1. The Hall–Kier alpha value is -1.45. The minimum atomic E-state index is -0.0526. The highest BCUT2D eigenvalue weighted by atomic mass is 16.2. The Morgan fingerprint density at radius 2 is 1.88 bits per heavy atom. The Morgan fingerprint density at radius 3 is 2.47 bits per heavy atom. The second kappa shape index (κ2) is 4.43. The first kappa shape index (κ1) is 12.0. The van der Waals surface area contributed by atoms with Gasteiger partial charge in [0.25, 0.3) is 5.91 Å². The molecule has 0 radical (unpaired) electrons. The Balaban J connectivity index is 2.24. The van der Waals surface area contributed by atoms with Gasteiger partial charge in [-0.25, -0.2) is 9.97 Å². The summed E-state index contributed by atoms with van der Waals surface area (Å²) in [5.74, 6) is 0.0374. The summed E-state index contributed by atoms with van der Waals surface area (Å²) in [6, 6.07) is 1.82. The maximum atomic E-state index is 12.2. The summed E-state index contributed by atoms with van der Waals surface area (Å²) >= 11 is 0. The Morgan fingerprint density at radius 1 is 1.24 bits per heavy atom. The molecular weight excluding hydrogens is 214 g/mol. The molecule has 1 saturated heterocycles. The molecule has 0 atom stereocenters. The van der Waals surface area contributed by atoms with Crippen molar-refractivity contribution in [3.63, 3.8) is 0 Å². The number of hydrogen-bond donors (Lipinski definition) is 0. The molecule has 1 aliphatic heterocycles. The van der Waals surface area contributed by atoms with Crippen molar-refractivity contribution in [2.45, 2.75) is 39.0 Å². The molecule has 1 aromatic rings. The van der Waals surface area contributed by atoms with Crippen LogP contribution in [0.5, 0.6) is 0 Å². The summed E-state index contributed by atoms with van der Waals surface area (Å²) in [6.07, 6.45) is 3.69. The van der Waals surface area contributed by atoms with Crippen LogP contribution in [0.3, 0.4) is 0 Å². The summed E-state index contributed by atoms with van der Waals surface area (Å²) in [7, 11) is 0. The molecule has 0 N–H and O–H groups in total. The van der Waals surface area contributed by atoms with Crippen LogP contribution in [0.15, 0.2) is 12.4 Å². The second-order valence-corrected chi connectivity index (χ2v) is 5.54. The minimum absolute atomic E-state index is 0.0374. The predicted molar refractivity (Wildman–Crippen MR) is 65.9 cm³/mol. The third kappa shape index (κ3) is 2.62. The first-order chi connectivity index (χ1) is 7.98. The standard InChI is InChI=1S/C13H19N3O/c1-13(2,3)11-8-10(14-9-15-11)12(17)16-6-4-5-7-16/h8-9H,4-7H2,1-3H3. The van der Waals surface area contributed by atoms with Crippen LogP contribution in [0.25, 0.3) is 0 Å². The fourth-order valence-electron chi connectivity index (χ4n) is 1.97. The van der Waals surface area contributed by atoms with Gasteiger partial charge >= 0.3 is 0 Å². The van der Waals surface area contributed by atoms with Crippen LogP contribution in [-0.4, -0.2) is 33.9 Å². The van der Waals surface area contributed by atoms with Crippen LogP contribution >= 0.6 is 0 Å². The van der Waals surface area contributed by atoms with Crippen molar-refractivity contribution in [2.75, 3.05) is 13.1 Å². The van der Waals surface area contributed by atoms with Crippen molar-refractivity contribution in [1.82, 2.24) is 14.9 Å². The maximum Gasteiger partial charge on any atom is 0.272 e. The van der Waals surface area contributed by atoms with E-state index in [1.165, 1.54) is 6.33 Å². The molecule has 17 heavy (non-hydrogen) atoms. The van der Waals surface area contributed by atoms with Crippen LogP contribution < -0.4 is 0 Å². The number of hydrogen-bond acceptors (Lipinski definition) is 3. The van der Waals surface area contributed by atoms with E-state index >= 15 is 0 Å². The molecule has 0 aliphatic carbocycles. The smallest absolute Gasteiger partial charge is 0.272 e. The number of carbonyl (C=O) groups excluding carboxylic acids is 1. The van der Waals surface area contributed by atoms with Gasteiger partial charge in [-0.1, -0.05) is 20.8 Å². The van der Waals surface area contributed by atoms with Gasteiger partial charge in [0.1, 0.15) is 12.0 Å². The van der Waals surface area contributed by atoms with Gasteiger partial charge in [-0.2, -0.15) is 0 Å². The third-order valence-corrected chi connectivity index (χ3v) is 3.05. The van der Waals surface area contributed by atoms with E-state index in [-0.39, 0.29) is 11.3 Å². The average molecular weight is 233 g/mol. The van der Waals surface area contributed by atoms with E-state index in [2.05, 4.69) is 30.7 Å². The lowest BCUT2D eigenvalue weighted by Gasteiger charge is -2.19. The van der Waals surface area contributed by atoms with Crippen molar-refractivity contribution < 1.29 is 4.79 Å². The van der Waals surface area contributed by atoms with E-state index in [0.717, 1.165) is 31.6 Å². The number of likely N-dealkylation sites (tertiary alicyclic amines) is 1. The van der Waals surface area contributed by atoms with Gasteiger partial charge < -0.3 is 4.90 Å². The van der Waals surface area contributed by atoms with Gasteiger partial charge in [0.15, 0.2) is 0 Å². The summed E-state index contributed by atoms with van der Waals surface area (Å²) in [4.78, 5) is 22.4. The van der Waals surface area contributed by atoms with Gasteiger partial charge in [-0.05, 0) is 18.9 Å². The average Bonchev–Trinajstić information content (AvgIpc) is 2.80. The molecule has 1 aromatic heterocycles. The van der Waals surface area contributed by atoms with Crippen LogP contribution in [0, 0.1) is 0 Å². The molecular formula is C13H19N3O. The van der Waals surface area contributed by atoms with Crippen LogP contribution in [0.2, 0.25) is 0 Å². The van der Waals surface area contributed by atoms with Crippen molar-refractivity contribution in [1.29, 1.82) is 0 Å². The van der Waals surface area contributed by atoms with Gasteiger partial charge in [0.05, 0.1) is 0 Å². The third-order valence-electron chi connectivity index (χ3n) is 3.05. The van der Waals surface area contributed by atoms with Crippen LogP contribution in [-0.2, 0) is 5.41 Å². The minimum Gasteiger partial charge on any atom is -0.337 e. The highest BCUT2D eigenvalue weighted by molar-refractivity contribution is 5.92. The first-order valence-electron chi connectivity index (χ1n) is 6.10. The van der Waals surface area contributed by atoms with Crippen molar-refractivity contribution in [3.8, 4) is 0 Å². The zero-order valence-electron chi connectivity index (χ0n) is 10.7. The number of amides is 1. The second-order valence-electron chi connectivity index (χ2n) is 5.54. The molecule has 0 saturated carbocycles.